The minimum absolute atomic E-state index is 0.0308. The second-order valence-corrected chi connectivity index (χ2v) is 6.82. The first-order valence-corrected chi connectivity index (χ1v) is 9.05. The topological polar surface area (TPSA) is 82.2 Å². The van der Waals surface area contributed by atoms with Crippen LogP contribution in [-0.4, -0.2) is 34.0 Å². The van der Waals surface area contributed by atoms with Crippen LogP contribution in [0.4, 0.5) is 0 Å². The summed E-state index contributed by atoms with van der Waals surface area (Å²) in [6.07, 6.45) is 3.41. The molecule has 4 rings (SSSR count). The second kappa shape index (κ2) is 7.53. The predicted octanol–water partition coefficient (Wildman–Crippen LogP) is 2.39. The van der Waals surface area contributed by atoms with Gasteiger partial charge in [-0.15, -0.1) is 0 Å². The summed E-state index contributed by atoms with van der Waals surface area (Å²) in [6.45, 7) is 1.50. The highest BCUT2D eigenvalue weighted by Gasteiger charge is 2.31. The number of hydrogen-bond acceptors (Lipinski definition) is 6. The molecule has 0 aliphatic carbocycles. The van der Waals surface area contributed by atoms with Crippen LogP contribution in [0.15, 0.2) is 62.7 Å². The largest absolute Gasteiger partial charge is 0.453 e. The third kappa shape index (κ3) is 3.62. The van der Waals surface area contributed by atoms with Crippen molar-refractivity contribution in [3.63, 3.8) is 0 Å². The van der Waals surface area contributed by atoms with Gasteiger partial charge >= 0.3 is 0 Å². The molecule has 0 spiro atoms. The highest BCUT2D eigenvalue weighted by Crippen LogP contribution is 2.21. The number of halogens is 1. The lowest BCUT2D eigenvalue weighted by molar-refractivity contribution is 0.180. The number of pyridine rings is 1. The zero-order chi connectivity index (χ0) is 17.9. The van der Waals surface area contributed by atoms with Crippen molar-refractivity contribution in [1.82, 2.24) is 20.1 Å². The number of nitrogens with one attached hydrogen (secondary N) is 1. The summed E-state index contributed by atoms with van der Waals surface area (Å²) in [6, 6.07) is 10.5. The third-order valence-electron chi connectivity index (χ3n) is 4.33. The Hall–Kier alpha value is -2.29. The maximum Gasteiger partial charge on any atom is 0.267 e. The van der Waals surface area contributed by atoms with Crippen molar-refractivity contribution in [1.29, 1.82) is 0 Å². The first kappa shape index (κ1) is 17.1. The first-order valence-electron chi connectivity index (χ1n) is 8.26. The van der Waals surface area contributed by atoms with Crippen molar-refractivity contribution < 1.29 is 9.15 Å². The molecule has 0 amide bonds. The fourth-order valence-electron chi connectivity index (χ4n) is 3.00. The lowest BCUT2D eigenvalue weighted by atomic mass is 10.1. The zero-order valence-electron chi connectivity index (χ0n) is 13.8. The van der Waals surface area contributed by atoms with Crippen molar-refractivity contribution in [2.45, 2.75) is 18.6 Å². The molecule has 0 aromatic carbocycles. The number of ether oxygens (including phenoxy) is 1. The Labute approximate surface area is 158 Å². The minimum atomic E-state index is -0.178. The van der Waals surface area contributed by atoms with E-state index in [2.05, 4.69) is 31.3 Å². The Balaban J connectivity index is 1.56. The molecular formula is C18H17BrN4O3. The van der Waals surface area contributed by atoms with Crippen molar-refractivity contribution in [2.24, 2.45) is 0 Å². The highest BCUT2D eigenvalue weighted by atomic mass is 79.9. The van der Waals surface area contributed by atoms with Crippen molar-refractivity contribution in [3.8, 4) is 11.3 Å². The molecule has 3 aromatic heterocycles. The van der Waals surface area contributed by atoms with Crippen LogP contribution in [0.3, 0.4) is 0 Å². The fourth-order valence-corrected chi connectivity index (χ4v) is 3.34. The van der Waals surface area contributed by atoms with E-state index in [1.54, 1.807) is 24.5 Å². The SMILES string of the molecule is O=c1ccc(-c2ccncc2)nn1C1COCC1NCc1ccc(Br)o1. The van der Waals surface area contributed by atoms with Gasteiger partial charge in [-0.1, -0.05) is 0 Å². The van der Waals surface area contributed by atoms with Crippen LogP contribution in [0.1, 0.15) is 11.8 Å². The number of aromatic nitrogens is 3. The molecule has 26 heavy (non-hydrogen) atoms. The Kier molecular flexibility index (Phi) is 4.96. The predicted molar refractivity (Wildman–Crippen MR) is 98.6 cm³/mol. The lowest BCUT2D eigenvalue weighted by Gasteiger charge is -2.20. The fraction of sp³-hybridized carbons (Fsp3) is 0.278. The number of nitrogens with zero attached hydrogens (tertiary/aromatic N) is 3. The summed E-state index contributed by atoms with van der Waals surface area (Å²) < 4.78 is 13.3. The van der Waals surface area contributed by atoms with Gasteiger partial charge < -0.3 is 14.5 Å². The van der Waals surface area contributed by atoms with E-state index in [1.165, 1.54) is 4.68 Å². The molecule has 0 saturated carbocycles. The third-order valence-corrected chi connectivity index (χ3v) is 4.76. The van der Waals surface area contributed by atoms with Crippen LogP contribution in [0.25, 0.3) is 11.3 Å². The van der Waals surface area contributed by atoms with Gasteiger partial charge in [-0.05, 0) is 46.3 Å². The van der Waals surface area contributed by atoms with Gasteiger partial charge in [0.1, 0.15) is 5.76 Å². The average Bonchev–Trinajstić information content (AvgIpc) is 3.30. The molecule has 2 unspecified atom stereocenters. The summed E-state index contributed by atoms with van der Waals surface area (Å²) in [7, 11) is 0. The van der Waals surface area contributed by atoms with Crippen molar-refractivity contribution in [2.75, 3.05) is 13.2 Å². The monoisotopic (exact) mass is 416 g/mol. The van der Waals surface area contributed by atoms with Gasteiger partial charge in [-0.2, -0.15) is 5.10 Å². The van der Waals surface area contributed by atoms with Crippen molar-refractivity contribution in [3.05, 3.63) is 69.6 Å². The van der Waals surface area contributed by atoms with E-state index in [4.69, 9.17) is 9.15 Å². The molecular weight excluding hydrogens is 400 g/mol. The molecule has 1 aliphatic heterocycles. The molecule has 1 aliphatic rings. The molecule has 0 radical (unpaired) electrons. The molecule has 3 aromatic rings. The van der Waals surface area contributed by atoms with Gasteiger partial charge in [0, 0.05) is 24.0 Å². The van der Waals surface area contributed by atoms with Crippen LogP contribution in [0.5, 0.6) is 0 Å². The molecule has 8 heteroatoms. The van der Waals surface area contributed by atoms with Crippen LogP contribution in [0, 0.1) is 0 Å². The zero-order valence-corrected chi connectivity index (χ0v) is 15.4. The van der Waals surface area contributed by atoms with Gasteiger partial charge in [-0.3, -0.25) is 9.78 Å². The van der Waals surface area contributed by atoms with Gasteiger partial charge in [-0.25, -0.2) is 4.68 Å². The number of furan rings is 1. The lowest BCUT2D eigenvalue weighted by Crippen LogP contribution is -2.41. The van der Waals surface area contributed by atoms with E-state index in [9.17, 15) is 4.79 Å². The standard InChI is InChI=1S/C18H17BrN4O3/c19-17-3-1-13(26-17)9-21-15-10-25-11-16(15)23-18(24)4-2-14(22-23)12-5-7-20-8-6-12/h1-8,15-16,21H,9-11H2. The summed E-state index contributed by atoms with van der Waals surface area (Å²) in [4.78, 5) is 16.4. The number of hydrogen-bond donors (Lipinski definition) is 1. The van der Waals surface area contributed by atoms with E-state index in [0.717, 1.165) is 17.0 Å². The number of rotatable bonds is 5. The molecule has 134 valence electrons. The van der Waals surface area contributed by atoms with Crippen LogP contribution >= 0.6 is 15.9 Å². The van der Waals surface area contributed by atoms with Gasteiger partial charge in [0.05, 0.1) is 37.5 Å². The van der Waals surface area contributed by atoms with E-state index < -0.39 is 0 Å². The molecule has 1 N–H and O–H groups in total. The maximum atomic E-state index is 12.4. The summed E-state index contributed by atoms with van der Waals surface area (Å²) in [5.41, 5.74) is 1.50. The Morgan fingerprint density at radius 3 is 2.77 bits per heavy atom. The van der Waals surface area contributed by atoms with Crippen LogP contribution in [-0.2, 0) is 11.3 Å². The molecule has 0 bridgehead atoms. The molecule has 1 fully saturated rings. The summed E-state index contributed by atoms with van der Waals surface area (Å²) in [5, 5.41) is 7.96. The normalized spacial score (nSPS) is 19.7. The van der Waals surface area contributed by atoms with Crippen LogP contribution in [0.2, 0.25) is 0 Å². The van der Waals surface area contributed by atoms with E-state index in [0.29, 0.717) is 24.4 Å². The van der Waals surface area contributed by atoms with Gasteiger partial charge in [0.2, 0.25) is 0 Å². The van der Waals surface area contributed by atoms with E-state index >= 15 is 0 Å². The van der Waals surface area contributed by atoms with Gasteiger partial charge in [0.25, 0.3) is 5.56 Å². The van der Waals surface area contributed by atoms with Gasteiger partial charge in [0.15, 0.2) is 4.67 Å². The summed E-state index contributed by atoms with van der Waals surface area (Å²) in [5.74, 6) is 0.813. The Bertz CT molecular complexity index is 941. The maximum absolute atomic E-state index is 12.4. The average molecular weight is 417 g/mol. The van der Waals surface area contributed by atoms with Crippen molar-refractivity contribution >= 4 is 15.9 Å². The first-order chi connectivity index (χ1) is 12.7. The van der Waals surface area contributed by atoms with E-state index in [-0.39, 0.29) is 17.6 Å². The second-order valence-electron chi connectivity index (χ2n) is 6.04. The Morgan fingerprint density at radius 1 is 1.15 bits per heavy atom. The molecule has 1 saturated heterocycles. The minimum Gasteiger partial charge on any atom is -0.453 e. The molecule has 2 atom stereocenters. The van der Waals surface area contributed by atoms with Crippen LogP contribution < -0.4 is 10.9 Å². The highest BCUT2D eigenvalue weighted by molar-refractivity contribution is 9.10. The Morgan fingerprint density at radius 2 is 2.00 bits per heavy atom. The summed E-state index contributed by atoms with van der Waals surface area (Å²) >= 11 is 3.29. The molecule has 4 heterocycles. The molecule has 7 nitrogen and oxygen atoms in total. The smallest absolute Gasteiger partial charge is 0.267 e. The van der Waals surface area contributed by atoms with E-state index in [1.807, 2.05) is 24.3 Å². The quantitative estimate of drug-likeness (QED) is 0.687.